The largest absolute Gasteiger partial charge is 0.496 e. The van der Waals surface area contributed by atoms with Crippen LogP contribution in [0.25, 0.3) is 21.5 Å². The van der Waals surface area contributed by atoms with Crippen molar-refractivity contribution in [2.24, 2.45) is 0 Å². The number of amides is 2. The van der Waals surface area contributed by atoms with Crippen LogP contribution >= 0.6 is 0 Å². The Morgan fingerprint density at radius 2 is 1.64 bits per heavy atom. The molecule has 0 spiro atoms. The van der Waals surface area contributed by atoms with Gasteiger partial charge >= 0.3 is 0 Å². The molecule has 0 aliphatic carbocycles. The predicted molar refractivity (Wildman–Crippen MR) is 164 cm³/mol. The molecule has 8 heteroatoms. The van der Waals surface area contributed by atoms with Crippen molar-refractivity contribution in [1.29, 1.82) is 0 Å². The van der Waals surface area contributed by atoms with Crippen molar-refractivity contribution in [3.63, 3.8) is 0 Å². The van der Waals surface area contributed by atoms with E-state index in [0.29, 0.717) is 31.9 Å². The van der Waals surface area contributed by atoms with Crippen molar-refractivity contribution in [2.45, 2.75) is 39.5 Å². The van der Waals surface area contributed by atoms with Crippen LogP contribution < -0.4 is 15.4 Å². The molecule has 0 fully saturated rings. The quantitative estimate of drug-likeness (QED) is 0.269. The Morgan fingerprint density at radius 1 is 0.881 bits per heavy atom. The topological polar surface area (TPSA) is 88.5 Å². The van der Waals surface area contributed by atoms with Crippen molar-refractivity contribution in [3.8, 4) is 5.75 Å². The van der Waals surface area contributed by atoms with Gasteiger partial charge in [0.1, 0.15) is 5.75 Å². The van der Waals surface area contributed by atoms with E-state index in [1.165, 1.54) is 17.9 Å². The fourth-order valence-corrected chi connectivity index (χ4v) is 5.98. The van der Waals surface area contributed by atoms with E-state index in [4.69, 9.17) is 9.84 Å². The second-order valence-electron chi connectivity index (χ2n) is 10.7. The van der Waals surface area contributed by atoms with Crippen molar-refractivity contribution >= 4 is 33.4 Å². The van der Waals surface area contributed by atoms with Gasteiger partial charge in [-0.1, -0.05) is 72.8 Å². The van der Waals surface area contributed by atoms with Gasteiger partial charge in [0.05, 0.1) is 13.7 Å². The zero-order valence-electron chi connectivity index (χ0n) is 24.0. The van der Waals surface area contributed by atoms with E-state index >= 15 is 0 Å². The molecule has 8 nitrogen and oxygen atoms in total. The lowest BCUT2D eigenvalue weighted by Gasteiger charge is -2.28. The standard InChI is InChI=1S/C34H35N5O3/c1-23(40)35-17-19-39-31-16-18-38(21-26-14-15-32(42-2)29-13-6-5-12-28(26)29)22-30(31)33(37-39)34(41)36-20-25-10-7-9-24-8-3-4-11-27(24)25/h3-15H,16-22H2,1-2H3,(H,35,40)(H,36,41). The van der Waals surface area contributed by atoms with E-state index in [2.05, 4.69) is 58.0 Å². The van der Waals surface area contributed by atoms with Gasteiger partial charge in [-0.3, -0.25) is 19.2 Å². The second kappa shape index (κ2) is 12.0. The summed E-state index contributed by atoms with van der Waals surface area (Å²) >= 11 is 0. The Bertz CT molecular complexity index is 1770. The van der Waals surface area contributed by atoms with Crippen LogP contribution in [0.5, 0.6) is 5.75 Å². The molecule has 42 heavy (non-hydrogen) atoms. The molecular formula is C34H35N5O3. The lowest BCUT2D eigenvalue weighted by Crippen LogP contribution is -2.33. The molecule has 214 valence electrons. The molecule has 0 saturated heterocycles. The first kappa shape index (κ1) is 27.5. The molecule has 1 aliphatic heterocycles. The maximum Gasteiger partial charge on any atom is 0.272 e. The molecule has 2 N–H and O–H groups in total. The highest BCUT2D eigenvalue weighted by molar-refractivity contribution is 5.95. The maximum absolute atomic E-state index is 13.6. The molecule has 4 aromatic carbocycles. The highest BCUT2D eigenvalue weighted by Crippen LogP contribution is 2.31. The highest BCUT2D eigenvalue weighted by Gasteiger charge is 2.28. The number of carbonyl (C=O) groups is 2. The summed E-state index contributed by atoms with van der Waals surface area (Å²) < 4.78 is 7.50. The first-order chi connectivity index (χ1) is 20.5. The maximum atomic E-state index is 13.6. The summed E-state index contributed by atoms with van der Waals surface area (Å²) in [4.78, 5) is 27.5. The number of methoxy groups -OCH3 is 1. The van der Waals surface area contributed by atoms with Gasteiger partial charge < -0.3 is 15.4 Å². The monoisotopic (exact) mass is 561 g/mol. The second-order valence-corrected chi connectivity index (χ2v) is 10.7. The Morgan fingerprint density at radius 3 is 2.45 bits per heavy atom. The van der Waals surface area contributed by atoms with E-state index in [1.807, 2.05) is 41.1 Å². The van der Waals surface area contributed by atoms with Crippen molar-refractivity contribution in [3.05, 3.63) is 107 Å². The van der Waals surface area contributed by atoms with Gasteiger partial charge in [0.25, 0.3) is 5.91 Å². The number of fused-ring (bicyclic) bond motifs is 3. The molecule has 0 unspecified atom stereocenters. The molecule has 5 aromatic rings. The zero-order chi connectivity index (χ0) is 29.1. The van der Waals surface area contributed by atoms with Crippen LogP contribution in [0.4, 0.5) is 0 Å². The summed E-state index contributed by atoms with van der Waals surface area (Å²) in [7, 11) is 1.70. The molecule has 1 aliphatic rings. The van der Waals surface area contributed by atoms with Crippen LogP contribution in [0.15, 0.2) is 78.9 Å². The molecule has 0 atom stereocenters. The van der Waals surface area contributed by atoms with Gasteiger partial charge in [-0.2, -0.15) is 5.10 Å². The van der Waals surface area contributed by atoms with E-state index < -0.39 is 0 Å². The van der Waals surface area contributed by atoms with Gasteiger partial charge in [-0.25, -0.2) is 0 Å². The smallest absolute Gasteiger partial charge is 0.272 e. The summed E-state index contributed by atoms with van der Waals surface area (Å²) in [5.41, 5.74) is 4.75. The molecule has 1 aromatic heterocycles. The Kier molecular flexibility index (Phi) is 7.88. The average molecular weight is 562 g/mol. The van der Waals surface area contributed by atoms with Gasteiger partial charge in [-0.15, -0.1) is 0 Å². The van der Waals surface area contributed by atoms with Crippen LogP contribution in [-0.2, 0) is 37.4 Å². The summed E-state index contributed by atoms with van der Waals surface area (Å²) in [6, 6.07) is 26.8. The van der Waals surface area contributed by atoms with Crippen molar-refractivity contribution < 1.29 is 14.3 Å². The number of nitrogens with one attached hydrogen (secondary N) is 2. The first-order valence-electron chi connectivity index (χ1n) is 14.4. The number of nitrogens with zero attached hydrogens (tertiary/aromatic N) is 3. The highest BCUT2D eigenvalue weighted by atomic mass is 16.5. The number of ether oxygens (including phenoxy) is 1. The van der Waals surface area contributed by atoms with Gasteiger partial charge in [-0.05, 0) is 33.4 Å². The lowest BCUT2D eigenvalue weighted by molar-refractivity contribution is -0.119. The molecule has 0 bridgehead atoms. The lowest BCUT2D eigenvalue weighted by atomic mass is 10.0. The molecule has 0 radical (unpaired) electrons. The van der Waals surface area contributed by atoms with Crippen molar-refractivity contribution in [2.75, 3.05) is 20.2 Å². The van der Waals surface area contributed by atoms with Crippen LogP contribution in [0.1, 0.15) is 39.8 Å². The number of carbonyl (C=O) groups excluding carboxylic acids is 2. The SMILES string of the molecule is COc1ccc(CN2CCc3c(c(C(=O)NCc4cccc5ccccc45)nn3CCNC(C)=O)C2)c2ccccc12. The van der Waals surface area contributed by atoms with E-state index in [-0.39, 0.29) is 11.8 Å². The first-order valence-corrected chi connectivity index (χ1v) is 14.4. The number of rotatable bonds is 9. The number of hydrogen-bond acceptors (Lipinski definition) is 5. The van der Waals surface area contributed by atoms with Crippen LogP contribution in [0.2, 0.25) is 0 Å². The number of hydrogen-bond donors (Lipinski definition) is 2. The number of aromatic nitrogens is 2. The summed E-state index contributed by atoms with van der Waals surface area (Å²) in [6.45, 7) is 5.10. The van der Waals surface area contributed by atoms with Crippen LogP contribution in [0, 0.1) is 0 Å². The van der Waals surface area contributed by atoms with E-state index in [9.17, 15) is 9.59 Å². The fraction of sp³-hybridized carbons (Fsp3) is 0.265. The summed E-state index contributed by atoms with van der Waals surface area (Å²) in [6.07, 6.45) is 0.771. The Hall–Kier alpha value is -4.69. The minimum absolute atomic E-state index is 0.0815. The van der Waals surface area contributed by atoms with E-state index in [0.717, 1.165) is 58.2 Å². The number of benzene rings is 4. The third kappa shape index (κ3) is 5.58. The van der Waals surface area contributed by atoms with Crippen LogP contribution in [0.3, 0.4) is 0 Å². The molecule has 6 rings (SSSR count). The molecule has 0 saturated carbocycles. The minimum Gasteiger partial charge on any atom is -0.496 e. The molecule has 2 heterocycles. The fourth-order valence-electron chi connectivity index (χ4n) is 5.98. The summed E-state index contributed by atoms with van der Waals surface area (Å²) in [5, 5.41) is 15.3. The van der Waals surface area contributed by atoms with E-state index in [1.54, 1.807) is 7.11 Å². The Labute approximate surface area is 245 Å². The van der Waals surface area contributed by atoms with Crippen LogP contribution in [-0.4, -0.2) is 46.7 Å². The third-order valence-corrected chi connectivity index (χ3v) is 8.03. The zero-order valence-corrected chi connectivity index (χ0v) is 24.0. The Balaban J connectivity index is 1.26. The normalized spacial score (nSPS) is 13.2. The minimum atomic E-state index is -0.186. The van der Waals surface area contributed by atoms with Gasteiger partial charge in [0.15, 0.2) is 5.69 Å². The predicted octanol–water partition coefficient (Wildman–Crippen LogP) is 4.82. The molecular weight excluding hydrogens is 526 g/mol. The third-order valence-electron chi connectivity index (χ3n) is 8.03. The molecule has 2 amide bonds. The van der Waals surface area contributed by atoms with Gasteiger partial charge in [0, 0.05) is 62.7 Å². The van der Waals surface area contributed by atoms with Crippen molar-refractivity contribution in [1.82, 2.24) is 25.3 Å². The average Bonchev–Trinajstić information content (AvgIpc) is 3.37. The summed E-state index contributed by atoms with van der Waals surface area (Å²) in [5.74, 6) is 0.594. The van der Waals surface area contributed by atoms with Gasteiger partial charge in [0.2, 0.25) is 5.91 Å².